The fourth-order valence-electron chi connectivity index (χ4n) is 3.45. The number of hydrogen-bond acceptors (Lipinski definition) is 4. The summed E-state index contributed by atoms with van der Waals surface area (Å²) >= 11 is 0. The molecule has 0 radical (unpaired) electrons. The van der Waals surface area contributed by atoms with Crippen molar-refractivity contribution in [2.45, 2.75) is 19.5 Å². The molecule has 0 bridgehead atoms. The smallest absolute Gasteiger partial charge is 0.408 e. The highest BCUT2D eigenvalue weighted by atomic mass is 16.4. The van der Waals surface area contributed by atoms with Crippen LogP contribution in [-0.2, 0) is 11.5 Å². The summed E-state index contributed by atoms with van der Waals surface area (Å²) in [5.41, 5.74) is 2.24. The Bertz CT molecular complexity index is 953. The van der Waals surface area contributed by atoms with E-state index in [0.29, 0.717) is 12.3 Å². The van der Waals surface area contributed by atoms with Crippen LogP contribution in [0.2, 0.25) is 0 Å². The van der Waals surface area contributed by atoms with Crippen LogP contribution in [-0.4, -0.2) is 28.5 Å². The lowest BCUT2D eigenvalue weighted by Crippen LogP contribution is -2.40. The molecule has 0 atom stereocenters. The van der Waals surface area contributed by atoms with Crippen molar-refractivity contribution in [2.24, 2.45) is 5.92 Å². The lowest BCUT2D eigenvalue weighted by molar-refractivity contribution is -0.121. The third kappa shape index (κ3) is 3.41. The Kier molecular flexibility index (Phi) is 4.58. The first-order chi connectivity index (χ1) is 12.7. The van der Waals surface area contributed by atoms with Crippen molar-refractivity contribution >= 4 is 22.7 Å². The number of aromatic nitrogens is 1. The summed E-state index contributed by atoms with van der Waals surface area (Å²) in [7, 11) is 0. The number of anilines is 1. The van der Waals surface area contributed by atoms with Crippen LogP contribution in [0.5, 0.6) is 0 Å². The first kappa shape index (κ1) is 16.6. The maximum atomic E-state index is 12.4. The van der Waals surface area contributed by atoms with Crippen molar-refractivity contribution in [3.63, 3.8) is 0 Å². The van der Waals surface area contributed by atoms with Gasteiger partial charge in [-0.05, 0) is 37.1 Å². The number of amides is 1. The minimum absolute atomic E-state index is 0.00396. The van der Waals surface area contributed by atoms with Crippen molar-refractivity contribution in [2.75, 3.05) is 18.4 Å². The molecule has 134 valence electrons. The molecular formula is C20H21N3O3. The second kappa shape index (κ2) is 7.17. The van der Waals surface area contributed by atoms with E-state index in [2.05, 4.69) is 10.2 Å². The average Bonchev–Trinajstić information content (AvgIpc) is 2.98. The van der Waals surface area contributed by atoms with Crippen molar-refractivity contribution < 1.29 is 9.21 Å². The average molecular weight is 351 g/mol. The van der Waals surface area contributed by atoms with Crippen LogP contribution in [0.1, 0.15) is 12.8 Å². The van der Waals surface area contributed by atoms with Crippen LogP contribution in [0.4, 0.5) is 5.69 Å². The largest absolute Gasteiger partial charge is 0.421 e. The summed E-state index contributed by atoms with van der Waals surface area (Å²) < 4.78 is 6.94. The molecule has 1 aromatic heterocycles. The van der Waals surface area contributed by atoms with Crippen molar-refractivity contribution in [1.82, 2.24) is 9.47 Å². The minimum Gasteiger partial charge on any atom is -0.408 e. The first-order valence-electron chi connectivity index (χ1n) is 8.87. The topological polar surface area (TPSA) is 67.5 Å². The van der Waals surface area contributed by atoms with E-state index >= 15 is 0 Å². The van der Waals surface area contributed by atoms with E-state index in [1.807, 2.05) is 48.5 Å². The molecular weight excluding hydrogens is 330 g/mol. The highest BCUT2D eigenvalue weighted by Crippen LogP contribution is 2.21. The summed E-state index contributed by atoms with van der Waals surface area (Å²) in [6.45, 7) is 2.04. The van der Waals surface area contributed by atoms with E-state index in [1.54, 1.807) is 10.6 Å². The molecule has 0 unspecified atom stereocenters. The zero-order valence-electron chi connectivity index (χ0n) is 14.4. The number of benzene rings is 2. The maximum Gasteiger partial charge on any atom is 0.421 e. The molecule has 0 saturated carbocycles. The lowest BCUT2D eigenvalue weighted by atomic mass is 9.96. The van der Waals surface area contributed by atoms with Gasteiger partial charge in [-0.25, -0.2) is 4.79 Å². The Hall–Kier alpha value is -2.86. The Balaban J connectivity index is 1.37. The van der Waals surface area contributed by atoms with Gasteiger partial charge in [-0.1, -0.05) is 30.3 Å². The molecule has 1 aliphatic heterocycles. The highest BCUT2D eigenvalue weighted by Gasteiger charge is 2.25. The number of piperidine rings is 1. The molecule has 1 N–H and O–H groups in total. The highest BCUT2D eigenvalue weighted by molar-refractivity contribution is 5.92. The quantitative estimate of drug-likeness (QED) is 0.785. The van der Waals surface area contributed by atoms with Gasteiger partial charge in [-0.2, -0.15) is 0 Å². The minimum atomic E-state index is -0.338. The monoisotopic (exact) mass is 351 g/mol. The number of likely N-dealkylation sites (tertiary alicyclic amines) is 1. The SMILES string of the molecule is O=C(Nc1ccccc1)C1CCN(Cn2c(=O)oc3ccccc32)CC1. The standard InChI is InChI=1S/C20H21N3O3/c24-19(21-16-6-2-1-3-7-16)15-10-12-22(13-11-15)14-23-17-8-4-5-9-18(17)26-20(23)25/h1-9,15H,10-14H2,(H,21,24). The van der Waals surface area contributed by atoms with Gasteiger partial charge in [0.2, 0.25) is 5.91 Å². The van der Waals surface area contributed by atoms with E-state index in [9.17, 15) is 9.59 Å². The molecule has 2 aromatic carbocycles. The number of carbonyl (C=O) groups is 1. The first-order valence-corrected chi connectivity index (χ1v) is 8.87. The van der Waals surface area contributed by atoms with Gasteiger partial charge in [0, 0.05) is 24.7 Å². The number of nitrogens with zero attached hydrogens (tertiary/aromatic N) is 2. The number of hydrogen-bond donors (Lipinski definition) is 1. The lowest BCUT2D eigenvalue weighted by Gasteiger charge is -2.31. The molecule has 6 nitrogen and oxygen atoms in total. The Morgan fingerprint density at radius 3 is 2.50 bits per heavy atom. The maximum absolute atomic E-state index is 12.4. The summed E-state index contributed by atoms with van der Waals surface area (Å²) in [4.78, 5) is 26.7. The van der Waals surface area contributed by atoms with Gasteiger partial charge in [0.05, 0.1) is 12.2 Å². The third-order valence-corrected chi connectivity index (χ3v) is 4.91. The molecule has 1 saturated heterocycles. The van der Waals surface area contributed by atoms with Gasteiger partial charge in [0.15, 0.2) is 5.58 Å². The molecule has 2 heterocycles. The van der Waals surface area contributed by atoms with Crippen molar-refractivity contribution in [1.29, 1.82) is 0 Å². The fraction of sp³-hybridized carbons (Fsp3) is 0.300. The Morgan fingerprint density at radius 1 is 1.04 bits per heavy atom. The normalized spacial score (nSPS) is 16.0. The third-order valence-electron chi connectivity index (χ3n) is 4.91. The molecule has 3 aromatic rings. The molecule has 1 amide bonds. The molecule has 0 aliphatic carbocycles. The van der Waals surface area contributed by atoms with Crippen LogP contribution in [0.3, 0.4) is 0 Å². The molecule has 26 heavy (non-hydrogen) atoms. The zero-order chi connectivity index (χ0) is 17.9. The number of carbonyl (C=O) groups excluding carboxylic acids is 1. The summed E-state index contributed by atoms with van der Waals surface area (Å²) in [5.74, 6) is -0.263. The van der Waals surface area contributed by atoms with Gasteiger partial charge in [-0.15, -0.1) is 0 Å². The van der Waals surface area contributed by atoms with Crippen molar-refractivity contribution in [3.8, 4) is 0 Å². The predicted molar refractivity (Wildman–Crippen MR) is 99.8 cm³/mol. The number of oxazole rings is 1. The molecule has 6 heteroatoms. The van der Waals surface area contributed by atoms with E-state index < -0.39 is 0 Å². The van der Waals surface area contributed by atoms with E-state index in [0.717, 1.165) is 37.1 Å². The second-order valence-corrected chi connectivity index (χ2v) is 6.65. The summed E-state index contributed by atoms with van der Waals surface area (Å²) in [6, 6.07) is 17.0. The number of para-hydroxylation sites is 3. The molecule has 1 aliphatic rings. The number of fused-ring (bicyclic) bond motifs is 1. The van der Waals surface area contributed by atoms with Crippen LogP contribution in [0, 0.1) is 5.92 Å². The van der Waals surface area contributed by atoms with Crippen molar-refractivity contribution in [3.05, 3.63) is 65.1 Å². The fourth-order valence-corrected chi connectivity index (χ4v) is 3.45. The number of nitrogens with one attached hydrogen (secondary N) is 1. The van der Waals surface area contributed by atoms with Crippen LogP contribution in [0.25, 0.3) is 11.1 Å². The second-order valence-electron chi connectivity index (χ2n) is 6.65. The van der Waals surface area contributed by atoms with E-state index in [-0.39, 0.29) is 17.6 Å². The van der Waals surface area contributed by atoms with Crippen LogP contribution >= 0.6 is 0 Å². The van der Waals surface area contributed by atoms with Gasteiger partial charge in [0.1, 0.15) is 0 Å². The molecule has 4 rings (SSSR count). The van der Waals surface area contributed by atoms with Crippen LogP contribution in [0.15, 0.2) is 63.8 Å². The van der Waals surface area contributed by atoms with Gasteiger partial charge >= 0.3 is 5.76 Å². The van der Waals surface area contributed by atoms with Crippen LogP contribution < -0.4 is 11.1 Å². The predicted octanol–water partition coefficient (Wildman–Crippen LogP) is 2.90. The van der Waals surface area contributed by atoms with Gasteiger partial charge < -0.3 is 9.73 Å². The molecule has 1 fully saturated rings. The van der Waals surface area contributed by atoms with E-state index in [1.165, 1.54) is 0 Å². The Morgan fingerprint density at radius 2 is 1.73 bits per heavy atom. The van der Waals surface area contributed by atoms with Gasteiger partial charge in [-0.3, -0.25) is 14.3 Å². The zero-order valence-corrected chi connectivity index (χ0v) is 14.4. The van der Waals surface area contributed by atoms with E-state index in [4.69, 9.17) is 4.42 Å². The summed E-state index contributed by atoms with van der Waals surface area (Å²) in [5, 5.41) is 2.98. The summed E-state index contributed by atoms with van der Waals surface area (Å²) in [6.07, 6.45) is 1.56. The number of rotatable bonds is 4. The van der Waals surface area contributed by atoms with Gasteiger partial charge in [0.25, 0.3) is 0 Å². The Labute approximate surface area is 151 Å². The molecule has 0 spiro atoms.